The van der Waals surface area contributed by atoms with Crippen LogP contribution in [0.4, 0.5) is 0 Å². The van der Waals surface area contributed by atoms with Crippen LogP contribution in [0.25, 0.3) is 0 Å². The lowest BCUT2D eigenvalue weighted by molar-refractivity contribution is -0.941. The van der Waals surface area contributed by atoms with Crippen LogP contribution in [-0.2, 0) is 71.4 Å². The highest BCUT2D eigenvalue weighted by atomic mass is 16.5. The molecule has 0 aliphatic carbocycles. The van der Waals surface area contributed by atoms with Gasteiger partial charge in [-0.05, 0) is 58.1 Å². The maximum atomic E-state index is 12.9. The van der Waals surface area contributed by atoms with E-state index in [0.29, 0.717) is 117 Å². The van der Waals surface area contributed by atoms with E-state index in [1.165, 1.54) is 14.2 Å². The zero-order valence-corrected chi connectivity index (χ0v) is 42.4. The summed E-state index contributed by atoms with van der Waals surface area (Å²) >= 11 is 0. The molecule has 71 heavy (non-hydrogen) atoms. The molecular formula is C54H72N2O15+2. The van der Waals surface area contributed by atoms with Crippen LogP contribution in [0.15, 0.2) is 54.6 Å². The fourth-order valence-electron chi connectivity index (χ4n) is 10.8. The summed E-state index contributed by atoms with van der Waals surface area (Å²) in [7, 11) is 13.7. The largest absolute Gasteiger partial charge is 0.496 e. The highest BCUT2D eigenvalue weighted by Crippen LogP contribution is 2.48. The van der Waals surface area contributed by atoms with Gasteiger partial charge in [-0.3, -0.25) is 0 Å². The first-order chi connectivity index (χ1) is 34.2. The van der Waals surface area contributed by atoms with E-state index in [2.05, 4.69) is 14.1 Å². The van der Waals surface area contributed by atoms with Gasteiger partial charge in [0.05, 0.1) is 135 Å². The number of methoxy groups -OCH3 is 6. The molecule has 6 rings (SSSR count). The number of nitrogens with zero attached hydrogens (tertiary/aromatic N) is 2. The number of rotatable bonds is 24. The van der Waals surface area contributed by atoms with Crippen LogP contribution >= 0.6 is 0 Å². The monoisotopic (exact) mass is 988 g/mol. The number of aliphatic hydroxyl groups is 5. The summed E-state index contributed by atoms with van der Waals surface area (Å²) in [5.41, 5.74) is 8.60. The molecule has 0 saturated heterocycles. The van der Waals surface area contributed by atoms with Gasteiger partial charge in [0.1, 0.15) is 23.6 Å². The lowest BCUT2D eigenvalue weighted by Crippen LogP contribution is -2.53. The number of hydrogen-bond acceptors (Lipinski definition) is 15. The minimum atomic E-state index is -0.680. The van der Waals surface area contributed by atoms with Crippen molar-refractivity contribution in [2.75, 3.05) is 96.1 Å². The van der Waals surface area contributed by atoms with Crippen LogP contribution < -0.4 is 28.4 Å². The second kappa shape index (κ2) is 24.5. The minimum Gasteiger partial charge on any atom is -0.496 e. The van der Waals surface area contributed by atoms with E-state index in [9.17, 15) is 35.1 Å². The molecule has 17 nitrogen and oxygen atoms in total. The average Bonchev–Trinajstić information content (AvgIpc) is 3.39. The fraction of sp³-hybridized carbons (Fsp3) is 0.481. The number of carbonyl (C=O) groups excluding carboxylic acids is 2. The Labute approximate surface area is 416 Å². The number of aliphatic hydroxyl groups excluding tert-OH is 5. The van der Waals surface area contributed by atoms with Gasteiger partial charge in [-0.15, -0.1) is 0 Å². The second-order valence-corrected chi connectivity index (χ2v) is 18.5. The predicted molar refractivity (Wildman–Crippen MR) is 263 cm³/mol. The van der Waals surface area contributed by atoms with Crippen LogP contribution in [0.2, 0.25) is 0 Å². The average molecular weight is 989 g/mol. The van der Waals surface area contributed by atoms with E-state index in [1.54, 1.807) is 28.4 Å². The van der Waals surface area contributed by atoms with Crippen molar-refractivity contribution in [3.8, 4) is 34.5 Å². The van der Waals surface area contributed by atoms with Gasteiger partial charge in [0, 0.05) is 72.1 Å². The van der Waals surface area contributed by atoms with Crippen LogP contribution in [0.5, 0.6) is 34.5 Å². The molecule has 2 aliphatic heterocycles. The number of hydrogen-bond donors (Lipinski definition) is 5. The Bertz CT molecular complexity index is 2490. The van der Waals surface area contributed by atoms with Gasteiger partial charge < -0.3 is 72.4 Å². The molecule has 17 heteroatoms. The van der Waals surface area contributed by atoms with Gasteiger partial charge in [-0.1, -0.05) is 12.1 Å². The van der Waals surface area contributed by atoms with Gasteiger partial charge in [0.2, 0.25) is 0 Å². The zero-order chi connectivity index (χ0) is 51.5. The van der Waals surface area contributed by atoms with Crippen LogP contribution in [-0.4, -0.2) is 143 Å². The molecule has 0 aromatic heterocycles. The molecule has 2 aliphatic rings. The normalized spacial score (nSPS) is 19.4. The molecule has 2 heterocycles. The SMILES string of the molecule is COc1cc2c(cc1OC)C(c1cc(CO)c(OC)c(OC)c1)[N+](C)(CCCOC(=O)/C=C\C(=O)OCCC[N+]1(C)CCc3cc(CO)c(CO)c(OC)c3C1Cc1cc(CO)c(CO)c(OC)c1)CC2. The van der Waals surface area contributed by atoms with Crippen molar-refractivity contribution in [1.29, 1.82) is 0 Å². The number of ether oxygens (including phenoxy) is 8. The molecule has 0 fully saturated rings. The molecule has 0 radical (unpaired) electrons. The van der Waals surface area contributed by atoms with Gasteiger partial charge >= 0.3 is 11.9 Å². The van der Waals surface area contributed by atoms with Gasteiger partial charge in [0.15, 0.2) is 23.0 Å². The van der Waals surface area contributed by atoms with Crippen molar-refractivity contribution in [3.63, 3.8) is 0 Å². The van der Waals surface area contributed by atoms with E-state index < -0.39 is 11.9 Å². The van der Waals surface area contributed by atoms with Crippen LogP contribution in [0.1, 0.15) is 86.1 Å². The van der Waals surface area contributed by atoms with Gasteiger partial charge in [-0.25, -0.2) is 9.59 Å². The maximum absolute atomic E-state index is 12.9. The van der Waals surface area contributed by atoms with E-state index in [0.717, 1.165) is 58.5 Å². The number of esters is 2. The molecule has 0 bridgehead atoms. The Morgan fingerprint density at radius 2 is 1.11 bits per heavy atom. The minimum absolute atomic E-state index is 0.0844. The van der Waals surface area contributed by atoms with Crippen molar-refractivity contribution in [2.24, 2.45) is 0 Å². The summed E-state index contributed by atoms with van der Waals surface area (Å²) in [5, 5.41) is 51.3. The molecule has 4 atom stereocenters. The van der Waals surface area contributed by atoms with Crippen molar-refractivity contribution < 1.29 is 82.0 Å². The summed E-state index contributed by atoms with van der Waals surface area (Å²) < 4.78 is 46.5. The third kappa shape index (κ3) is 11.7. The summed E-state index contributed by atoms with van der Waals surface area (Å²) in [6, 6.07) is 13.1. The number of benzene rings is 4. The molecule has 386 valence electrons. The van der Waals surface area contributed by atoms with E-state index in [4.69, 9.17) is 37.9 Å². The highest BCUT2D eigenvalue weighted by Gasteiger charge is 2.44. The molecule has 4 aromatic carbocycles. The lowest BCUT2D eigenvalue weighted by Gasteiger charge is -2.46. The molecular weight excluding hydrogens is 917 g/mol. The maximum Gasteiger partial charge on any atom is 0.331 e. The molecule has 0 amide bonds. The smallest absolute Gasteiger partial charge is 0.331 e. The van der Waals surface area contributed by atoms with Crippen molar-refractivity contribution in [1.82, 2.24) is 0 Å². The Balaban J connectivity index is 1.10. The standard InChI is InChI=1S/C54H72N2O15/c1-55(17-14-36-24-39(30-58)43(33-61)54(69-8)51(36)44(55)22-34-21-38(29-57)42(32-60)45(23-34)64-3)15-9-19-70-49(62)11-12-50(63)71-20-10-16-56(2)18-13-35-26-46(65-4)47(66-5)28-41(35)52(56)37-25-40(31-59)53(68-7)48(27-37)67-6/h11-12,21,23-28,44,52,57-61H,9-10,13-20,22,29-33H2,1-8H3/q+2/b12-11-. The van der Waals surface area contributed by atoms with Gasteiger partial charge in [-0.2, -0.15) is 0 Å². The molecule has 4 aromatic rings. The van der Waals surface area contributed by atoms with Crippen LogP contribution in [0.3, 0.4) is 0 Å². The Kier molecular flexibility index (Phi) is 18.8. The van der Waals surface area contributed by atoms with E-state index in [-0.39, 0.29) is 58.3 Å². The second-order valence-electron chi connectivity index (χ2n) is 18.5. The van der Waals surface area contributed by atoms with Crippen molar-refractivity contribution in [3.05, 3.63) is 116 Å². The Morgan fingerprint density at radius 3 is 1.68 bits per heavy atom. The Morgan fingerprint density at radius 1 is 0.563 bits per heavy atom. The fourth-order valence-corrected chi connectivity index (χ4v) is 10.8. The lowest BCUT2D eigenvalue weighted by atomic mass is 9.82. The zero-order valence-electron chi connectivity index (χ0n) is 42.4. The van der Waals surface area contributed by atoms with Gasteiger partial charge in [0.25, 0.3) is 0 Å². The topological polar surface area (TPSA) is 209 Å². The summed E-state index contributed by atoms with van der Waals surface area (Å²) in [5.74, 6) is 1.83. The van der Waals surface area contributed by atoms with Crippen LogP contribution in [0, 0.1) is 0 Å². The number of likely N-dealkylation sites (N-methyl/N-ethyl adjacent to an activating group) is 2. The summed E-state index contributed by atoms with van der Waals surface area (Å²) in [4.78, 5) is 25.8. The summed E-state index contributed by atoms with van der Waals surface area (Å²) in [6.07, 6.45) is 5.05. The van der Waals surface area contributed by atoms with E-state index >= 15 is 0 Å². The number of carbonyl (C=O) groups is 2. The molecule has 0 saturated carbocycles. The van der Waals surface area contributed by atoms with Crippen molar-refractivity contribution >= 4 is 11.9 Å². The summed E-state index contributed by atoms with van der Waals surface area (Å²) in [6.45, 7) is 1.44. The first-order valence-electron chi connectivity index (χ1n) is 23.9. The highest BCUT2D eigenvalue weighted by molar-refractivity contribution is 5.91. The third-order valence-electron chi connectivity index (χ3n) is 14.4. The number of fused-ring (bicyclic) bond motifs is 2. The number of quaternary nitrogens is 2. The quantitative estimate of drug-likeness (QED) is 0.0279. The molecule has 4 unspecified atom stereocenters. The Hall–Kier alpha value is -5.92. The molecule has 5 N–H and O–H groups in total. The van der Waals surface area contributed by atoms with E-state index in [1.807, 2.05) is 42.5 Å². The first kappa shape index (κ1) is 54.4. The molecule has 0 spiro atoms. The third-order valence-corrected chi connectivity index (χ3v) is 14.4. The predicted octanol–water partition coefficient (Wildman–Crippen LogP) is 4.70. The van der Waals surface area contributed by atoms with Crippen molar-refractivity contribution in [2.45, 2.75) is 77.2 Å². The first-order valence-corrected chi connectivity index (χ1v) is 23.9.